The molecule has 0 spiro atoms. The summed E-state index contributed by atoms with van der Waals surface area (Å²) in [5.74, 6) is -0.0839. The van der Waals surface area contributed by atoms with E-state index in [1.54, 1.807) is 6.07 Å². The number of nitrogens with one attached hydrogen (secondary N) is 1. The first kappa shape index (κ1) is 11.5. The van der Waals surface area contributed by atoms with E-state index in [9.17, 15) is 4.39 Å². The maximum absolute atomic E-state index is 13.1. The number of benzene rings is 1. The fraction of sp³-hybridized carbons (Fsp3) is 0. The van der Waals surface area contributed by atoms with Gasteiger partial charge in [0, 0.05) is 4.47 Å². The molecule has 1 heterocycles. The maximum atomic E-state index is 13.1. The Labute approximate surface area is 105 Å². The lowest BCUT2D eigenvalue weighted by Crippen LogP contribution is -1.99. The molecule has 0 saturated heterocycles. The lowest BCUT2D eigenvalue weighted by Gasteiger charge is -2.07. The second-order valence-corrected chi connectivity index (χ2v) is 4.01. The maximum Gasteiger partial charge on any atom is 0.171 e. The molecule has 0 aliphatic rings. The third kappa shape index (κ3) is 2.57. The standard InChI is InChI=1S/C11H6BrFN4/c12-9-2-1-8(13)5-10(9)16-11-7(6-14)3-4-15-17-11/h1-5H,(H,16,17). The molecule has 0 fully saturated rings. The van der Waals surface area contributed by atoms with E-state index in [0.717, 1.165) is 0 Å². The normalized spacial score (nSPS) is 9.71. The van der Waals surface area contributed by atoms with Crippen molar-refractivity contribution in [1.29, 1.82) is 5.26 Å². The molecule has 0 aliphatic carbocycles. The van der Waals surface area contributed by atoms with Gasteiger partial charge in [-0.2, -0.15) is 10.4 Å². The molecule has 6 heteroatoms. The minimum atomic E-state index is -0.377. The van der Waals surface area contributed by atoms with Gasteiger partial charge in [-0.3, -0.25) is 0 Å². The molecule has 0 amide bonds. The third-order valence-electron chi connectivity index (χ3n) is 2.02. The molecular formula is C11H6BrFN4. The van der Waals surface area contributed by atoms with E-state index in [0.29, 0.717) is 21.5 Å². The smallest absolute Gasteiger partial charge is 0.171 e. The van der Waals surface area contributed by atoms with Gasteiger partial charge in [0.05, 0.1) is 17.4 Å². The van der Waals surface area contributed by atoms with Gasteiger partial charge in [0.1, 0.15) is 11.9 Å². The molecular weight excluding hydrogens is 287 g/mol. The number of aromatic nitrogens is 2. The Morgan fingerprint density at radius 1 is 1.35 bits per heavy atom. The van der Waals surface area contributed by atoms with Gasteiger partial charge >= 0.3 is 0 Å². The van der Waals surface area contributed by atoms with Gasteiger partial charge < -0.3 is 5.32 Å². The van der Waals surface area contributed by atoms with Crippen LogP contribution in [0, 0.1) is 17.1 Å². The summed E-state index contributed by atoms with van der Waals surface area (Å²) >= 11 is 3.27. The summed E-state index contributed by atoms with van der Waals surface area (Å²) in [6.07, 6.45) is 1.42. The molecule has 1 N–H and O–H groups in total. The first-order valence-electron chi connectivity index (χ1n) is 4.64. The van der Waals surface area contributed by atoms with E-state index in [2.05, 4.69) is 31.4 Å². The van der Waals surface area contributed by atoms with E-state index in [1.807, 2.05) is 6.07 Å². The third-order valence-corrected chi connectivity index (χ3v) is 2.71. The van der Waals surface area contributed by atoms with Gasteiger partial charge in [-0.25, -0.2) is 4.39 Å². The van der Waals surface area contributed by atoms with Crippen molar-refractivity contribution < 1.29 is 4.39 Å². The van der Waals surface area contributed by atoms with Gasteiger partial charge in [0.2, 0.25) is 0 Å². The number of hydrogen-bond acceptors (Lipinski definition) is 4. The summed E-state index contributed by atoms with van der Waals surface area (Å²) in [7, 11) is 0. The van der Waals surface area contributed by atoms with E-state index >= 15 is 0 Å². The number of nitriles is 1. The van der Waals surface area contributed by atoms with Crippen LogP contribution >= 0.6 is 15.9 Å². The van der Waals surface area contributed by atoms with Crippen LogP contribution in [0.15, 0.2) is 34.9 Å². The van der Waals surface area contributed by atoms with Gasteiger partial charge in [-0.1, -0.05) is 0 Å². The molecule has 0 bridgehead atoms. The van der Waals surface area contributed by atoms with Crippen molar-refractivity contribution in [2.24, 2.45) is 0 Å². The highest BCUT2D eigenvalue weighted by molar-refractivity contribution is 9.10. The van der Waals surface area contributed by atoms with Crippen molar-refractivity contribution in [1.82, 2.24) is 10.2 Å². The van der Waals surface area contributed by atoms with Crippen molar-refractivity contribution in [2.45, 2.75) is 0 Å². The molecule has 0 radical (unpaired) electrons. The van der Waals surface area contributed by atoms with Crippen LogP contribution in [0.1, 0.15) is 5.56 Å². The predicted molar refractivity (Wildman–Crippen MR) is 64.1 cm³/mol. The monoisotopic (exact) mass is 292 g/mol. The van der Waals surface area contributed by atoms with Crippen molar-refractivity contribution in [3.05, 3.63) is 46.3 Å². The summed E-state index contributed by atoms with van der Waals surface area (Å²) in [5, 5.41) is 19.2. The summed E-state index contributed by atoms with van der Waals surface area (Å²) in [6.45, 7) is 0. The molecule has 2 aromatic rings. The molecule has 4 nitrogen and oxygen atoms in total. The molecule has 0 saturated carbocycles. The van der Waals surface area contributed by atoms with Crippen LogP contribution in [0.4, 0.5) is 15.9 Å². The first-order chi connectivity index (χ1) is 8.20. The number of hydrogen-bond donors (Lipinski definition) is 1. The van der Waals surface area contributed by atoms with Crippen molar-refractivity contribution in [2.75, 3.05) is 5.32 Å². The Hall–Kier alpha value is -2.00. The molecule has 2 rings (SSSR count). The Bertz CT molecular complexity index is 594. The molecule has 0 unspecified atom stereocenters. The minimum absolute atomic E-state index is 0.293. The Morgan fingerprint density at radius 2 is 2.18 bits per heavy atom. The largest absolute Gasteiger partial charge is 0.337 e. The van der Waals surface area contributed by atoms with Crippen molar-refractivity contribution >= 4 is 27.4 Å². The van der Waals surface area contributed by atoms with Gasteiger partial charge in [-0.15, -0.1) is 5.10 Å². The van der Waals surface area contributed by atoms with Crippen LogP contribution < -0.4 is 5.32 Å². The van der Waals surface area contributed by atoms with Gasteiger partial charge in [0.25, 0.3) is 0 Å². The molecule has 1 aromatic heterocycles. The molecule has 0 atom stereocenters. The summed E-state index contributed by atoms with van der Waals surface area (Å²) in [4.78, 5) is 0. The molecule has 17 heavy (non-hydrogen) atoms. The Morgan fingerprint density at radius 3 is 2.94 bits per heavy atom. The molecule has 0 aliphatic heterocycles. The van der Waals surface area contributed by atoms with Crippen LogP contribution in [-0.2, 0) is 0 Å². The molecule has 84 valence electrons. The highest BCUT2D eigenvalue weighted by atomic mass is 79.9. The minimum Gasteiger partial charge on any atom is -0.337 e. The highest BCUT2D eigenvalue weighted by Gasteiger charge is 2.07. The summed E-state index contributed by atoms with van der Waals surface area (Å²) < 4.78 is 13.7. The second kappa shape index (κ2) is 4.89. The van der Waals surface area contributed by atoms with E-state index in [-0.39, 0.29) is 5.82 Å². The summed E-state index contributed by atoms with van der Waals surface area (Å²) in [5.41, 5.74) is 0.832. The van der Waals surface area contributed by atoms with Crippen LogP contribution in [0.5, 0.6) is 0 Å². The SMILES string of the molecule is N#Cc1ccnnc1Nc1cc(F)ccc1Br. The van der Waals surface area contributed by atoms with Crippen LogP contribution in [-0.4, -0.2) is 10.2 Å². The Balaban J connectivity index is 2.38. The number of nitrogens with zero attached hydrogens (tertiary/aromatic N) is 3. The number of halogens is 2. The van der Waals surface area contributed by atoms with Crippen LogP contribution in [0.25, 0.3) is 0 Å². The lowest BCUT2D eigenvalue weighted by molar-refractivity contribution is 0.628. The second-order valence-electron chi connectivity index (χ2n) is 3.15. The fourth-order valence-corrected chi connectivity index (χ4v) is 1.58. The van der Waals surface area contributed by atoms with E-state index in [1.165, 1.54) is 24.4 Å². The van der Waals surface area contributed by atoms with Crippen LogP contribution in [0.3, 0.4) is 0 Å². The summed E-state index contributed by atoms with van der Waals surface area (Å²) in [6, 6.07) is 7.71. The van der Waals surface area contributed by atoms with E-state index < -0.39 is 0 Å². The quantitative estimate of drug-likeness (QED) is 0.924. The first-order valence-corrected chi connectivity index (χ1v) is 5.44. The topological polar surface area (TPSA) is 61.6 Å². The zero-order chi connectivity index (χ0) is 12.3. The molecule has 1 aromatic carbocycles. The van der Waals surface area contributed by atoms with Crippen molar-refractivity contribution in [3.8, 4) is 6.07 Å². The zero-order valence-electron chi connectivity index (χ0n) is 8.48. The zero-order valence-corrected chi connectivity index (χ0v) is 10.1. The van der Waals surface area contributed by atoms with Gasteiger partial charge in [0.15, 0.2) is 5.82 Å². The Kier molecular flexibility index (Phi) is 3.30. The average molecular weight is 293 g/mol. The predicted octanol–water partition coefficient (Wildman–Crippen LogP) is 2.99. The van der Waals surface area contributed by atoms with E-state index in [4.69, 9.17) is 5.26 Å². The fourth-order valence-electron chi connectivity index (χ4n) is 1.24. The lowest BCUT2D eigenvalue weighted by atomic mass is 10.2. The van der Waals surface area contributed by atoms with Crippen molar-refractivity contribution in [3.63, 3.8) is 0 Å². The van der Waals surface area contributed by atoms with Gasteiger partial charge in [-0.05, 0) is 40.2 Å². The number of anilines is 2. The average Bonchev–Trinajstić information content (AvgIpc) is 2.34. The highest BCUT2D eigenvalue weighted by Crippen LogP contribution is 2.26. The van der Waals surface area contributed by atoms with Crippen LogP contribution in [0.2, 0.25) is 0 Å². The number of rotatable bonds is 2.